The first-order valence-electron chi connectivity index (χ1n) is 6.61. The molecule has 3 nitrogen and oxygen atoms in total. The second-order valence-corrected chi connectivity index (χ2v) is 5.22. The van der Waals surface area contributed by atoms with Gasteiger partial charge in [0, 0.05) is 18.7 Å². The van der Waals surface area contributed by atoms with Crippen LogP contribution >= 0.6 is 0 Å². The maximum Gasteiger partial charge on any atom is 0.0926 e. The zero-order valence-corrected chi connectivity index (χ0v) is 10.9. The number of rotatable bonds is 2. The van der Waals surface area contributed by atoms with E-state index in [1.807, 2.05) is 0 Å². The molecule has 0 bridgehead atoms. The average Bonchev–Trinajstić information content (AvgIpc) is 2.87. The third kappa shape index (κ3) is 1.95. The van der Waals surface area contributed by atoms with Gasteiger partial charge in [-0.3, -0.25) is 0 Å². The topological polar surface area (TPSA) is 40.7 Å². The summed E-state index contributed by atoms with van der Waals surface area (Å²) in [5.74, 6) is 0.583. The van der Waals surface area contributed by atoms with Gasteiger partial charge in [-0.15, -0.1) is 0 Å². The van der Waals surface area contributed by atoms with Gasteiger partial charge in [0.25, 0.3) is 0 Å². The van der Waals surface area contributed by atoms with Crippen LogP contribution in [-0.2, 0) is 6.42 Å². The molecule has 18 heavy (non-hydrogen) atoms. The van der Waals surface area contributed by atoms with Crippen molar-refractivity contribution in [2.45, 2.75) is 32.2 Å². The fraction of sp³-hybridized carbons (Fsp3) is 0.400. The van der Waals surface area contributed by atoms with Crippen LogP contribution in [0.2, 0.25) is 0 Å². The lowest BCUT2D eigenvalue weighted by Gasteiger charge is -2.23. The van der Waals surface area contributed by atoms with Crippen LogP contribution in [-0.4, -0.2) is 16.5 Å². The predicted molar refractivity (Wildman–Crippen MR) is 72.7 cm³/mol. The predicted octanol–water partition coefficient (Wildman–Crippen LogP) is 2.77. The zero-order valence-electron chi connectivity index (χ0n) is 10.9. The van der Waals surface area contributed by atoms with Gasteiger partial charge in [0.15, 0.2) is 0 Å². The van der Waals surface area contributed by atoms with Crippen LogP contribution in [0.1, 0.15) is 48.3 Å². The number of imidazole rings is 1. The second-order valence-electron chi connectivity index (χ2n) is 5.22. The molecule has 0 spiro atoms. The normalized spacial score (nSPS) is 18.9. The van der Waals surface area contributed by atoms with E-state index in [9.17, 15) is 0 Å². The summed E-state index contributed by atoms with van der Waals surface area (Å²) in [7, 11) is 0. The first-order chi connectivity index (χ1) is 8.75. The summed E-state index contributed by atoms with van der Waals surface area (Å²) >= 11 is 0. The van der Waals surface area contributed by atoms with E-state index in [0.29, 0.717) is 5.92 Å². The Kier molecular flexibility index (Phi) is 2.92. The summed E-state index contributed by atoms with van der Waals surface area (Å²) in [5, 5.41) is 3.54. The molecule has 2 heterocycles. The molecule has 0 radical (unpaired) electrons. The number of benzene rings is 1. The van der Waals surface area contributed by atoms with E-state index in [4.69, 9.17) is 0 Å². The number of aromatic amines is 1. The molecule has 1 aromatic heterocycles. The van der Waals surface area contributed by atoms with Crippen molar-refractivity contribution in [2.24, 2.45) is 0 Å². The maximum absolute atomic E-state index is 4.45. The Labute approximate surface area is 108 Å². The molecule has 0 amide bonds. The fourth-order valence-corrected chi connectivity index (χ4v) is 2.57. The van der Waals surface area contributed by atoms with E-state index >= 15 is 0 Å². The van der Waals surface area contributed by atoms with Crippen molar-refractivity contribution in [3.05, 3.63) is 53.1 Å². The molecule has 0 saturated carbocycles. The van der Waals surface area contributed by atoms with Crippen molar-refractivity contribution in [1.29, 1.82) is 0 Å². The number of nitrogens with one attached hydrogen (secondary N) is 2. The molecule has 0 fully saturated rings. The van der Waals surface area contributed by atoms with Gasteiger partial charge in [-0.1, -0.05) is 38.1 Å². The Morgan fingerprint density at radius 3 is 2.72 bits per heavy atom. The smallest absolute Gasteiger partial charge is 0.0926 e. The van der Waals surface area contributed by atoms with Crippen molar-refractivity contribution in [3.63, 3.8) is 0 Å². The lowest BCUT2D eigenvalue weighted by atomic mass is 9.95. The molecule has 0 aliphatic carbocycles. The first kappa shape index (κ1) is 11.5. The zero-order chi connectivity index (χ0) is 12.5. The highest BCUT2D eigenvalue weighted by molar-refractivity contribution is 5.34. The highest BCUT2D eigenvalue weighted by Gasteiger charge is 2.23. The Hall–Kier alpha value is -1.61. The average molecular weight is 241 g/mol. The molecule has 1 aromatic carbocycles. The monoisotopic (exact) mass is 241 g/mol. The summed E-state index contributed by atoms with van der Waals surface area (Å²) in [6.45, 7) is 5.45. The van der Waals surface area contributed by atoms with E-state index in [1.165, 1.54) is 16.8 Å². The third-order valence-electron chi connectivity index (χ3n) is 3.68. The minimum Gasteiger partial charge on any atom is -0.348 e. The number of hydrogen-bond acceptors (Lipinski definition) is 2. The summed E-state index contributed by atoms with van der Waals surface area (Å²) in [6, 6.07) is 9.12. The Bertz CT molecular complexity index is 525. The SMILES string of the molecule is CC(C)c1ccc(C2NCCc3[nH]cnc32)cc1. The van der Waals surface area contributed by atoms with Gasteiger partial charge in [-0.25, -0.2) is 4.98 Å². The molecule has 2 aromatic rings. The van der Waals surface area contributed by atoms with Crippen molar-refractivity contribution >= 4 is 0 Å². The lowest BCUT2D eigenvalue weighted by molar-refractivity contribution is 0.553. The number of nitrogens with zero attached hydrogens (tertiary/aromatic N) is 1. The first-order valence-corrected chi connectivity index (χ1v) is 6.61. The van der Waals surface area contributed by atoms with Crippen LogP contribution in [0, 0.1) is 0 Å². The minimum absolute atomic E-state index is 0.237. The molecule has 1 aliphatic heterocycles. The van der Waals surface area contributed by atoms with Crippen LogP contribution in [0.3, 0.4) is 0 Å². The van der Waals surface area contributed by atoms with Gasteiger partial charge in [-0.05, 0) is 17.0 Å². The van der Waals surface area contributed by atoms with Gasteiger partial charge in [0.2, 0.25) is 0 Å². The molecule has 3 heteroatoms. The van der Waals surface area contributed by atoms with Crippen molar-refractivity contribution in [2.75, 3.05) is 6.54 Å². The van der Waals surface area contributed by atoms with Gasteiger partial charge in [0.05, 0.1) is 18.1 Å². The highest BCUT2D eigenvalue weighted by Crippen LogP contribution is 2.27. The van der Waals surface area contributed by atoms with Crippen molar-refractivity contribution < 1.29 is 0 Å². The molecule has 1 unspecified atom stereocenters. The van der Waals surface area contributed by atoms with Crippen LogP contribution < -0.4 is 5.32 Å². The van der Waals surface area contributed by atoms with Crippen LogP contribution in [0.5, 0.6) is 0 Å². The quantitative estimate of drug-likeness (QED) is 0.848. The fourth-order valence-electron chi connectivity index (χ4n) is 2.57. The molecule has 94 valence electrons. The molecule has 3 rings (SSSR count). The van der Waals surface area contributed by atoms with Gasteiger partial charge in [0.1, 0.15) is 0 Å². The standard InChI is InChI=1S/C15H19N3/c1-10(2)11-3-5-12(6-4-11)14-15-13(7-8-16-14)17-9-18-15/h3-6,9-10,14,16H,7-8H2,1-2H3,(H,17,18). The Morgan fingerprint density at radius 1 is 1.22 bits per heavy atom. The molecule has 1 atom stereocenters. The Morgan fingerprint density at radius 2 is 2.00 bits per heavy atom. The lowest BCUT2D eigenvalue weighted by Crippen LogP contribution is -2.30. The summed E-state index contributed by atoms with van der Waals surface area (Å²) in [5.41, 5.74) is 5.11. The van der Waals surface area contributed by atoms with Crippen molar-refractivity contribution in [1.82, 2.24) is 15.3 Å². The van der Waals surface area contributed by atoms with E-state index in [0.717, 1.165) is 18.7 Å². The van der Waals surface area contributed by atoms with E-state index in [1.54, 1.807) is 6.33 Å². The number of hydrogen-bond donors (Lipinski definition) is 2. The van der Waals surface area contributed by atoms with E-state index in [2.05, 4.69) is 53.4 Å². The van der Waals surface area contributed by atoms with Gasteiger partial charge >= 0.3 is 0 Å². The van der Waals surface area contributed by atoms with Crippen LogP contribution in [0.15, 0.2) is 30.6 Å². The minimum atomic E-state index is 0.237. The molecule has 1 aliphatic rings. The Balaban J connectivity index is 1.92. The van der Waals surface area contributed by atoms with Gasteiger partial charge < -0.3 is 10.3 Å². The van der Waals surface area contributed by atoms with Crippen LogP contribution in [0.25, 0.3) is 0 Å². The summed E-state index contributed by atoms with van der Waals surface area (Å²) in [4.78, 5) is 7.69. The number of aromatic nitrogens is 2. The number of H-pyrrole nitrogens is 1. The van der Waals surface area contributed by atoms with E-state index in [-0.39, 0.29) is 6.04 Å². The van der Waals surface area contributed by atoms with Gasteiger partial charge in [-0.2, -0.15) is 0 Å². The molecule has 0 saturated heterocycles. The second kappa shape index (κ2) is 4.58. The molecule has 2 N–H and O–H groups in total. The highest BCUT2D eigenvalue weighted by atomic mass is 15.0. The largest absolute Gasteiger partial charge is 0.348 e. The van der Waals surface area contributed by atoms with E-state index < -0.39 is 0 Å². The molecular formula is C15H19N3. The van der Waals surface area contributed by atoms with Crippen molar-refractivity contribution in [3.8, 4) is 0 Å². The summed E-state index contributed by atoms with van der Waals surface area (Å²) < 4.78 is 0. The van der Waals surface area contributed by atoms with Crippen LogP contribution in [0.4, 0.5) is 0 Å². The third-order valence-corrected chi connectivity index (χ3v) is 3.68. The molecular weight excluding hydrogens is 222 g/mol. The summed E-state index contributed by atoms with van der Waals surface area (Å²) in [6.07, 6.45) is 2.84. The number of fused-ring (bicyclic) bond motifs is 1. The maximum atomic E-state index is 4.45.